The van der Waals surface area contributed by atoms with E-state index in [0.717, 1.165) is 128 Å². The largest absolute Gasteiger partial charge is 0.394 e. The van der Waals surface area contributed by atoms with Crippen LogP contribution in [0, 0.1) is 0 Å². The topological polar surface area (TPSA) is 228 Å². The number of nitrogens with one attached hydrogen (secondary N) is 1. The lowest BCUT2D eigenvalue weighted by Crippen LogP contribution is -2.65. The van der Waals surface area contributed by atoms with E-state index in [1.54, 1.807) is 6.08 Å². The summed E-state index contributed by atoms with van der Waals surface area (Å²) in [5.74, 6) is -0.272. The molecule has 0 aromatic heterocycles. The van der Waals surface area contributed by atoms with Crippen LogP contribution in [0.15, 0.2) is 158 Å². The lowest BCUT2D eigenvalue weighted by molar-refractivity contribution is -0.359. The Bertz CT molecular complexity index is 2350. The van der Waals surface area contributed by atoms with Gasteiger partial charge in [-0.2, -0.15) is 0 Å². The number of carbonyl (C=O) groups is 1. The van der Waals surface area contributed by atoms with Crippen LogP contribution in [0.5, 0.6) is 0 Å². The van der Waals surface area contributed by atoms with Crippen LogP contribution in [0.3, 0.4) is 0 Å². The van der Waals surface area contributed by atoms with Crippen molar-refractivity contribution in [1.29, 1.82) is 0 Å². The zero-order valence-electron chi connectivity index (χ0n) is 64.5. The number of aliphatic hydroxyl groups excluding tert-OH is 8. The molecule has 12 unspecified atom stereocenters. The maximum Gasteiger partial charge on any atom is 0.220 e. The molecule has 14 heteroatoms. The standard InChI is InChI=1S/C89H149NO13/c1-3-5-7-9-11-13-15-17-19-21-23-25-27-29-31-33-35-37-38-39-40-41-43-45-47-49-51-53-55-57-59-61-63-65-67-69-71-73-81(94)90-77(76-100-88-86(99)84(97)87(80(75-92)102-88)103-89-85(98)83(96)82(95)79(74-91)101-89)78(93)72-70-68-66-64-62-60-58-56-54-52-50-48-46-44-42-36-34-32-30-28-26-24-22-20-18-16-14-12-10-8-6-4-2/h5,7,11,13,17,19,23,25,29,31,35,37,39-40,43,45,49,51,54-57,62,64,70,72,77-80,82-89,91-93,95-99H,3-4,6,8-10,12,14-16,18,20-22,24,26-28,30,32-34,36,38,41-42,44,46-48,50,52-53,58-61,63,65-69,71,73-76H2,1-2H3,(H,90,94)/b7-5-,13-11-,19-17-,25-23-,31-29-,37-35-,40-39-,45-43-,51-49-,56-54+,57-55-,64-62+,72-70+. The fraction of sp³-hybridized carbons (Fsp3) is 0.697. The van der Waals surface area contributed by atoms with Gasteiger partial charge in [-0.25, -0.2) is 0 Å². The predicted octanol–water partition coefficient (Wildman–Crippen LogP) is 19.3. The molecule has 2 fully saturated rings. The van der Waals surface area contributed by atoms with Crippen molar-refractivity contribution in [2.24, 2.45) is 0 Å². The third-order valence-electron chi connectivity index (χ3n) is 18.9. The summed E-state index contributed by atoms with van der Waals surface area (Å²) >= 11 is 0. The number of amides is 1. The van der Waals surface area contributed by atoms with E-state index >= 15 is 0 Å². The predicted molar refractivity (Wildman–Crippen MR) is 428 cm³/mol. The smallest absolute Gasteiger partial charge is 0.220 e. The number of carbonyl (C=O) groups excluding carboxylic acids is 1. The Morgan fingerprint density at radius 3 is 1.07 bits per heavy atom. The second kappa shape index (κ2) is 70.6. The van der Waals surface area contributed by atoms with Crippen molar-refractivity contribution in [3.8, 4) is 0 Å². The summed E-state index contributed by atoms with van der Waals surface area (Å²) in [7, 11) is 0. The molecule has 0 aromatic rings. The van der Waals surface area contributed by atoms with Gasteiger partial charge in [0.2, 0.25) is 5.91 Å². The average molecular weight is 1440 g/mol. The van der Waals surface area contributed by atoms with Gasteiger partial charge in [-0.15, -0.1) is 0 Å². The van der Waals surface area contributed by atoms with E-state index in [-0.39, 0.29) is 18.9 Å². The highest BCUT2D eigenvalue weighted by molar-refractivity contribution is 5.76. The van der Waals surface area contributed by atoms with Crippen LogP contribution in [-0.4, -0.2) is 140 Å². The number of ether oxygens (including phenoxy) is 4. The van der Waals surface area contributed by atoms with Gasteiger partial charge in [0.15, 0.2) is 12.6 Å². The summed E-state index contributed by atoms with van der Waals surface area (Å²) in [6.07, 6.45) is 91.8. The van der Waals surface area contributed by atoms with E-state index in [9.17, 15) is 45.6 Å². The summed E-state index contributed by atoms with van der Waals surface area (Å²) in [6.45, 7) is 2.67. The molecule has 2 aliphatic heterocycles. The van der Waals surface area contributed by atoms with E-state index in [1.807, 2.05) is 6.08 Å². The average Bonchev–Trinajstić information content (AvgIpc) is 0.791. The second-order valence-electron chi connectivity index (χ2n) is 28.1. The highest BCUT2D eigenvalue weighted by Crippen LogP contribution is 2.30. The maximum atomic E-state index is 13.4. The quantitative estimate of drug-likeness (QED) is 0.0204. The Morgan fingerprint density at radius 2 is 0.680 bits per heavy atom. The summed E-state index contributed by atoms with van der Waals surface area (Å²) in [5.41, 5.74) is 0. The first-order valence-corrected chi connectivity index (χ1v) is 41.2. The zero-order chi connectivity index (χ0) is 74.4. The fourth-order valence-corrected chi connectivity index (χ4v) is 12.5. The van der Waals surface area contributed by atoms with Crippen molar-refractivity contribution in [2.45, 2.75) is 376 Å². The highest BCUT2D eigenvalue weighted by Gasteiger charge is 2.51. The molecule has 2 rings (SSSR count). The first-order chi connectivity index (χ1) is 50.6. The minimum atomic E-state index is -1.80. The van der Waals surface area contributed by atoms with Crippen LogP contribution in [0.1, 0.15) is 303 Å². The molecule has 103 heavy (non-hydrogen) atoms. The summed E-state index contributed by atoms with van der Waals surface area (Å²) in [5, 5.41) is 87.7. The lowest BCUT2D eigenvalue weighted by atomic mass is 9.97. The van der Waals surface area contributed by atoms with Crippen LogP contribution in [0.25, 0.3) is 0 Å². The van der Waals surface area contributed by atoms with Gasteiger partial charge in [0.25, 0.3) is 0 Å². The Labute approximate surface area is 626 Å². The molecule has 2 aliphatic rings. The monoisotopic (exact) mass is 1440 g/mol. The summed E-state index contributed by atoms with van der Waals surface area (Å²) in [4.78, 5) is 13.4. The molecular formula is C89H149NO13. The molecule has 0 aromatic carbocycles. The first kappa shape index (κ1) is 94.7. The van der Waals surface area contributed by atoms with Gasteiger partial charge in [0.1, 0.15) is 48.8 Å². The number of unbranched alkanes of at least 4 members (excludes halogenated alkanes) is 30. The SMILES string of the molecule is CC/C=C\C/C=C\C/C=C\C/C=C\C/C=C\C/C=C\C/C=C\C/C=C\C/C=C\C/C=C\CCCCCCCCC(=O)NC(COC1OC(CO)C(OC2OC(CO)C(O)C(O)C2O)C(O)C1O)C(O)/C=C/CC/C=C/CC/C=C/CCCCCCCCCCCCCCCCCCCCCCCC. The minimum Gasteiger partial charge on any atom is -0.394 e. The number of rotatable bonds is 67. The Kier molecular flexibility index (Phi) is 64.9. The zero-order valence-corrected chi connectivity index (χ0v) is 64.5. The number of hydrogen-bond donors (Lipinski definition) is 9. The van der Waals surface area contributed by atoms with Crippen LogP contribution >= 0.6 is 0 Å². The van der Waals surface area contributed by atoms with Crippen LogP contribution in [-0.2, 0) is 23.7 Å². The lowest BCUT2D eigenvalue weighted by Gasteiger charge is -2.46. The van der Waals surface area contributed by atoms with Gasteiger partial charge in [-0.1, -0.05) is 332 Å². The van der Waals surface area contributed by atoms with Crippen molar-refractivity contribution in [1.82, 2.24) is 5.32 Å². The van der Waals surface area contributed by atoms with Crippen molar-refractivity contribution < 1.29 is 64.6 Å². The molecule has 0 aliphatic carbocycles. The van der Waals surface area contributed by atoms with Crippen molar-refractivity contribution >= 4 is 5.91 Å². The molecule has 9 N–H and O–H groups in total. The van der Waals surface area contributed by atoms with E-state index in [1.165, 1.54) is 141 Å². The fourth-order valence-electron chi connectivity index (χ4n) is 12.5. The molecule has 14 nitrogen and oxygen atoms in total. The van der Waals surface area contributed by atoms with Crippen molar-refractivity contribution in [3.63, 3.8) is 0 Å². The van der Waals surface area contributed by atoms with E-state index in [2.05, 4.69) is 165 Å². The molecule has 0 saturated carbocycles. The molecule has 2 saturated heterocycles. The number of allylic oxidation sites excluding steroid dienone is 25. The number of hydrogen-bond acceptors (Lipinski definition) is 13. The Morgan fingerprint density at radius 1 is 0.359 bits per heavy atom. The van der Waals surface area contributed by atoms with E-state index in [4.69, 9.17) is 18.9 Å². The van der Waals surface area contributed by atoms with Crippen molar-refractivity contribution in [3.05, 3.63) is 158 Å². The summed E-state index contributed by atoms with van der Waals surface area (Å²) in [6, 6.07) is -0.961. The molecule has 0 radical (unpaired) electrons. The molecule has 0 spiro atoms. The van der Waals surface area contributed by atoms with Crippen molar-refractivity contribution in [2.75, 3.05) is 19.8 Å². The van der Waals surface area contributed by atoms with Gasteiger partial charge in [-0.05, 0) is 122 Å². The third-order valence-corrected chi connectivity index (χ3v) is 18.9. The Hall–Kier alpha value is -4.39. The first-order valence-electron chi connectivity index (χ1n) is 41.2. The number of aliphatic hydroxyl groups is 8. The highest BCUT2D eigenvalue weighted by atomic mass is 16.7. The summed E-state index contributed by atoms with van der Waals surface area (Å²) < 4.78 is 22.9. The molecule has 12 atom stereocenters. The maximum absolute atomic E-state index is 13.4. The third kappa shape index (κ3) is 53.1. The van der Waals surface area contributed by atoms with Crippen LogP contribution < -0.4 is 5.32 Å². The van der Waals surface area contributed by atoms with E-state index < -0.39 is 86.8 Å². The molecule has 588 valence electrons. The normalized spacial score (nSPS) is 22.4. The molecule has 0 bridgehead atoms. The van der Waals surface area contributed by atoms with Gasteiger partial charge >= 0.3 is 0 Å². The van der Waals surface area contributed by atoms with E-state index in [0.29, 0.717) is 12.8 Å². The van der Waals surface area contributed by atoms with Gasteiger partial charge in [0.05, 0.1) is 32.0 Å². The molecule has 1 amide bonds. The molecule has 2 heterocycles. The van der Waals surface area contributed by atoms with Crippen LogP contribution in [0.2, 0.25) is 0 Å². The van der Waals surface area contributed by atoms with Gasteiger partial charge < -0.3 is 65.1 Å². The van der Waals surface area contributed by atoms with Gasteiger partial charge in [0, 0.05) is 6.42 Å². The van der Waals surface area contributed by atoms with Crippen LogP contribution in [0.4, 0.5) is 0 Å². The van der Waals surface area contributed by atoms with Gasteiger partial charge in [-0.3, -0.25) is 4.79 Å². The second-order valence-corrected chi connectivity index (χ2v) is 28.1. The molecular weight excluding hydrogens is 1290 g/mol. The Balaban J connectivity index is 1.66. The minimum absolute atomic E-state index is 0.242.